The standard InChI is InChI=1S/C35H44N6O5/c1-35(2,3)46-34(43)41-22-24(20-30(41)33(42)45-6)37-31-14-8-11-27(38-31)26-10-7-12-28-32(26)29(40(4)39-28)13-9-19-36-21-23-15-17-25(44-5)18-16-23/h7-8,10-12,14-18,24,30,36H,9,13,19-22H2,1-6H3,(H,37,38)/t24-,30-/m0/s1. The number of amides is 1. The van der Waals surface area contributed by atoms with E-state index in [0.29, 0.717) is 12.2 Å². The van der Waals surface area contributed by atoms with Gasteiger partial charge in [-0.25, -0.2) is 14.6 Å². The second kappa shape index (κ2) is 14.2. The number of carbonyl (C=O) groups is 2. The number of hydrogen-bond donors (Lipinski definition) is 2. The van der Waals surface area contributed by atoms with Gasteiger partial charge in [-0.1, -0.05) is 30.3 Å². The van der Waals surface area contributed by atoms with Crippen LogP contribution in [0.25, 0.3) is 22.2 Å². The Morgan fingerprint density at radius 2 is 1.78 bits per heavy atom. The van der Waals surface area contributed by atoms with Crippen molar-refractivity contribution >= 4 is 28.8 Å². The summed E-state index contributed by atoms with van der Waals surface area (Å²) in [6.45, 7) is 7.35. The molecule has 2 N–H and O–H groups in total. The molecule has 1 saturated heterocycles. The van der Waals surface area contributed by atoms with Gasteiger partial charge >= 0.3 is 12.1 Å². The van der Waals surface area contributed by atoms with Crippen molar-refractivity contribution < 1.29 is 23.8 Å². The molecule has 4 aromatic rings. The molecule has 11 heteroatoms. The lowest BCUT2D eigenvalue weighted by molar-refractivity contribution is -0.145. The van der Waals surface area contributed by atoms with Crippen molar-refractivity contribution in [1.82, 2.24) is 25.0 Å². The number of methoxy groups -OCH3 is 2. The van der Waals surface area contributed by atoms with Crippen LogP contribution in [0.3, 0.4) is 0 Å². The first-order chi connectivity index (χ1) is 22.1. The molecule has 1 aliphatic heterocycles. The number of nitrogens with zero attached hydrogens (tertiary/aromatic N) is 4. The van der Waals surface area contributed by atoms with Crippen LogP contribution in [-0.2, 0) is 34.3 Å². The van der Waals surface area contributed by atoms with E-state index in [1.54, 1.807) is 27.9 Å². The van der Waals surface area contributed by atoms with Gasteiger partial charge in [-0.05, 0) is 76.1 Å². The number of hydrogen-bond acceptors (Lipinski definition) is 9. The average molecular weight is 629 g/mol. The Morgan fingerprint density at radius 1 is 1.02 bits per heavy atom. The van der Waals surface area contributed by atoms with Crippen molar-refractivity contribution in [2.45, 2.75) is 64.3 Å². The van der Waals surface area contributed by atoms with Crippen molar-refractivity contribution in [3.05, 3.63) is 71.9 Å². The van der Waals surface area contributed by atoms with Crippen LogP contribution in [0, 0.1) is 0 Å². The van der Waals surface area contributed by atoms with Crippen molar-refractivity contribution in [1.29, 1.82) is 0 Å². The molecular formula is C35H44N6O5. The fraction of sp³-hybridized carbons (Fsp3) is 0.429. The van der Waals surface area contributed by atoms with Crippen LogP contribution in [-0.4, -0.2) is 76.7 Å². The van der Waals surface area contributed by atoms with Crippen molar-refractivity contribution in [3.63, 3.8) is 0 Å². The molecule has 0 unspecified atom stereocenters. The number of fused-ring (bicyclic) bond motifs is 1. The number of nitrogens with one attached hydrogen (secondary N) is 2. The van der Waals surface area contributed by atoms with Gasteiger partial charge in [-0.3, -0.25) is 9.58 Å². The Labute approximate surface area is 270 Å². The summed E-state index contributed by atoms with van der Waals surface area (Å²) < 4.78 is 17.8. The Hall–Kier alpha value is -4.64. The maximum atomic E-state index is 12.9. The minimum absolute atomic E-state index is 0.213. The molecule has 3 heterocycles. The summed E-state index contributed by atoms with van der Waals surface area (Å²) in [4.78, 5) is 31.9. The van der Waals surface area contributed by atoms with E-state index in [1.165, 1.54) is 17.6 Å². The maximum Gasteiger partial charge on any atom is 0.411 e. The summed E-state index contributed by atoms with van der Waals surface area (Å²) in [6, 6.07) is 19.1. The second-order valence-corrected chi connectivity index (χ2v) is 12.6. The van der Waals surface area contributed by atoms with E-state index in [1.807, 2.05) is 54.2 Å². The topological polar surface area (TPSA) is 120 Å². The molecule has 244 valence electrons. The molecule has 46 heavy (non-hydrogen) atoms. The highest BCUT2D eigenvalue weighted by molar-refractivity contribution is 5.96. The number of likely N-dealkylation sites (tertiary alicyclic amines) is 1. The van der Waals surface area contributed by atoms with E-state index < -0.39 is 23.7 Å². The highest BCUT2D eigenvalue weighted by atomic mass is 16.6. The summed E-state index contributed by atoms with van der Waals surface area (Å²) in [5.74, 6) is 1.04. The van der Waals surface area contributed by atoms with Gasteiger partial charge in [0, 0.05) is 49.2 Å². The molecule has 1 amide bonds. The summed E-state index contributed by atoms with van der Waals surface area (Å²) in [5, 5.41) is 12.9. The number of aromatic nitrogens is 3. The third kappa shape index (κ3) is 7.77. The van der Waals surface area contributed by atoms with E-state index in [2.05, 4.69) is 28.8 Å². The Morgan fingerprint density at radius 3 is 2.50 bits per heavy atom. The molecule has 2 atom stereocenters. The number of pyridine rings is 1. The first kappa shape index (κ1) is 32.7. The number of esters is 1. The Bertz CT molecular complexity index is 1660. The molecule has 0 spiro atoms. The van der Waals surface area contributed by atoms with Gasteiger partial charge in [0.25, 0.3) is 0 Å². The van der Waals surface area contributed by atoms with Crippen LogP contribution in [0.2, 0.25) is 0 Å². The summed E-state index contributed by atoms with van der Waals surface area (Å²) in [5.41, 5.74) is 4.43. The largest absolute Gasteiger partial charge is 0.497 e. The molecule has 1 fully saturated rings. The number of anilines is 1. The number of carbonyl (C=O) groups excluding carboxylic acids is 2. The molecule has 5 rings (SSSR count). The van der Waals surface area contributed by atoms with Gasteiger partial charge in [0.2, 0.25) is 0 Å². The van der Waals surface area contributed by atoms with Crippen LogP contribution in [0.4, 0.5) is 10.6 Å². The van der Waals surface area contributed by atoms with Crippen LogP contribution >= 0.6 is 0 Å². The SMILES string of the molecule is COC(=O)[C@@H]1C[C@H](Nc2cccc(-c3cccc4nn(C)c(CCCNCc5ccc(OC)cc5)c34)n2)CN1C(=O)OC(C)(C)C. The molecule has 11 nitrogen and oxygen atoms in total. The number of ether oxygens (including phenoxy) is 3. The highest BCUT2D eigenvalue weighted by Gasteiger charge is 2.42. The first-order valence-electron chi connectivity index (χ1n) is 15.7. The van der Waals surface area contributed by atoms with Crippen LogP contribution in [0.1, 0.15) is 44.9 Å². The normalized spacial score (nSPS) is 16.4. The van der Waals surface area contributed by atoms with Crippen molar-refractivity contribution in [2.24, 2.45) is 7.05 Å². The molecule has 0 radical (unpaired) electrons. The van der Waals surface area contributed by atoms with Crippen molar-refractivity contribution in [3.8, 4) is 17.0 Å². The third-order valence-corrected chi connectivity index (χ3v) is 8.01. The molecule has 2 aromatic heterocycles. The monoisotopic (exact) mass is 628 g/mol. The molecule has 1 aliphatic rings. The predicted molar refractivity (Wildman–Crippen MR) is 178 cm³/mol. The van der Waals surface area contributed by atoms with Gasteiger partial charge in [-0.15, -0.1) is 0 Å². The van der Waals surface area contributed by atoms with Crippen LogP contribution in [0.15, 0.2) is 60.7 Å². The van der Waals surface area contributed by atoms with E-state index >= 15 is 0 Å². The minimum atomic E-state index is -0.738. The number of rotatable bonds is 11. The molecule has 2 aromatic carbocycles. The van der Waals surface area contributed by atoms with Crippen LogP contribution < -0.4 is 15.4 Å². The van der Waals surface area contributed by atoms with Gasteiger partial charge in [0.1, 0.15) is 23.2 Å². The average Bonchev–Trinajstić information content (AvgIpc) is 3.60. The van der Waals surface area contributed by atoms with Gasteiger partial charge in [0.05, 0.1) is 25.4 Å². The summed E-state index contributed by atoms with van der Waals surface area (Å²) >= 11 is 0. The van der Waals surface area contributed by atoms with E-state index in [-0.39, 0.29) is 12.6 Å². The molecule has 0 saturated carbocycles. The van der Waals surface area contributed by atoms with Crippen molar-refractivity contribution in [2.75, 3.05) is 32.6 Å². The fourth-order valence-electron chi connectivity index (χ4n) is 5.86. The number of aryl methyl sites for hydroxylation is 2. The summed E-state index contributed by atoms with van der Waals surface area (Å²) in [7, 11) is 4.99. The molecular weight excluding hydrogens is 584 g/mol. The lowest BCUT2D eigenvalue weighted by Gasteiger charge is -2.27. The zero-order valence-electron chi connectivity index (χ0n) is 27.5. The second-order valence-electron chi connectivity index (χ2n) is 12.6. The van der Waals surface area contributed by atoms with E-state index in [4.69, 9.17) is 24.3 Å². The van der Waals surface area contributed by atoms with Gasteiger partial charge in [-0.2, -0.15) is 5.10 Å². The Balaban J connectivity index is 1.28. The molecule has 0 bridgehead atoms. The quantitative estimate of drug-likeness (QED) is 0.168. The smallest absolute Gasteiger partial charge is 0.411 e. The lowest BCUT2D eigenvalue weighted by atomic mass is 10.0. The zero-order valence-corrected chi connectivity index (χ0v) is 27.5. The fourth-order valence-corrected chi connectivity index (χ4v) is 5.86. The van der Waals surface area contributed by atoms with E-state index in [0.717, 1.165) is 59.5 Å². The number of benzene rings is 2. The lowest BCUT2D eigenvalue weighted by Crippen LogP contribution is -2.44. The Kier molecular flexibility index (Phi) is 10.1. The third-order valence-electron chi connectivity index (χ3n) is 8.01. The predicted octanol–water partition coefficient (Wildman–Crippen LogP) is 5.33. The van der Waals surface area contributed by atoms with E-state index in [9.17, 15) is 9.59 Å². The van der Waals surface area contributed by atoms with Gasteiger partial charge < -0.3 is 24.8 Å². The first-order valence-corrected chi connectivity index (χ1v) is 15.7. The highest BCUT2D eigenvalue weighted by Crippen LogP contribution is 2.32. The summed E-state index contributed by atoms with van der Waals surface area (Å²) in [6.07, 6.45) is 1.65. The van der Waals surface area contributed by atoms with Crippen LogP contribution in [0.5, 0.6) is 5.75 Å². The molecule has 0 aliphatic carbocycles. The minimum Gasteiger partial charge on any atom is -0.497 e. The maximum absolute atomic E-state index is 12.9. The zero-order chi connectivity index (χ0) is 32.8. The van der Waals surface area contributed by atoms with Gasteiger partial charge in [0.15, 0.2) is 0 Å².